The third-order valence-corrected chi connectivity index (χ3v) is 10.2. The van der Waals surface area contributed by atoms with Crippen molar-refractivity contribution in [3.63, 3.8) is 0 Å². The van der Waals surface area contributed by atoms with Crippen molar-refractivity contribution in [3.8, 4) is 11.1 Å². The molecule has 7 rings (SSSR count). The van der Waals surface area contributed by atoms with Crippen molar-refractivity contribution < 1.29 is 19.1 Å². The number of hydrogen-bond donors (Lipinski definition) is 2. The number of aliphatic imine (C=N–C) groups is 2. The molecule has 2 N–H and O–H groups in total. The van der Waals surface area contributed by atoms with Crippen LogP contribution in [0.15, 0.2) is 70.6 Å². The van der Waals surface area contributed by atoms with Crippen LogP contribution in [0.25, 0.3) is 21.9 Å². The van der Waals surface area contributed by atoms with Crippen molar-refractivity contribution in [1.29, 1.82) is 0 Å². The van der Waals surface area contributed by atoms with Crippen LogP contribution in [-0.2, 0) is 9.47 Å². The maximum atomic E-state index is 12.9. The van der Waals surface area contributed by atoms with Crippen LogP contribution in [0.4, 0.5) is 9.59 Å². The van der Waals surface area contributed by atoms with Crippen LogP contribution in [0, 0.1) is 0 Å². The maximum absolute atomic E-state index is 12.9. The lowest BCUT2D eigenvalue weighted by Crippen LogP contribution is -2.47. The molecule has 0 radical (unpaired) electrons. The first kappa shape index (κ1) is 35.1. The van der Waals surface area contributed by atoms with Gasteiger partial charge in [-0.3, -0.25) is 19.8 Å². The first-order chi connectivity index (χ1) is 24.2. The number of likely N-dealkylation sites (tertiary alicyclic amines) is 2. The second kappa shape index (κ2) is 13.7. The molecule has 2 amide bonds. The second-order valence-electron chi connectivity index (χ2n) is 16.0. The monoisotopic (exact) mass is 712 g/mol. The number of amides is 2. The van der Waals surface area contributed by atoms with Crippen molar-refractivity contribution in [2.24, 2.45) is 9.98 Å². The van der Waals surface area contributed by atoms with E-state index in [-0.39, 0.29) is 36.4 Å². The number of nitrogens with zero attached hydrogens (tertiary/aromatic N) is 4. The van der Waals surface area contributed by atoms with E-state index in [4.69, 9.17) is 31.1 Å². The molecule has 2 saturated heterocycles. The third-order valence-electron chi connectivity index (χ3n) is 9.85. The lowest BCUT2D eigenvalue weighted by molar-refractivity contribution is 0.0254. The highest BCUT2D eigenvalue weighted by Crippen LogP contribution is 2.34. The van der Waals surface area contributed by atoms with E-state index < -0.39 is 16.7 Å². The Hall–Kier alpha value is -4.31. The lowest BCUT2D eigenvalue weighted by Gasteiger charge is -2.29. The average molecular weight is 713 g/mol. The van der Waals surface area contributed by atoms with Crippen LogP contribution in [0.2, 0.25) is 0 Å². The summed E-state index contributed by atoms with van der Waals surface area (Å²) in [6.07, 6.45) is 2.95. The Balaban J connectivity index is 1.00. The lowest BCUT2D eigenvalue weighted by atomic mass is 9.97. The summed E-state index contributed by atoms with van der Waals surface area (Å²) in [4.78, 5) is 39.1. The molecular weight excluding hydrogens is 664 g/mol. The van der Waals surface area contributed by atoms with E-state index in [0.717, 1.165) is 64.8 Å². The van der Waals surface area contributed by atoms with E-state index in [1.165, 1.54) is 5.56 Å². The largest absolute Gasteiger partial charge is 0.444 e. The Morgan fingerprint density at radius 3 is 1.90 bits per heavy atom. The van der Waals surface area contributed by atoms with Gasteiger partial charge in [-0.15, -0.1) is 0 Å². The molecule has 0 aliphatic carbocycles. The molecular formula is C40H49ClN6O4. The van der Waals surface area contributed by atoms with Gasteiger partial charge in [0.25, 0.3) is 0 Å². The minimum Gasteiger partial charge on any atom is -0.444 e. The molecule has 3 aromatic rings. The molecule has 3 aromatic carbocycles. The van der Waals surface area contributed by atoms with E-state index in [1.54, 1.807) is 4.90 Å². The summed E-state index contributed by atoms with van der Waals surface area (Å²) in [6.45, 7) is 13.3. The van der Waals surface area contributed by atoms with E-state index in [1.807, 2.05) is 46.4 Å². The molecule has 0 aromatic heterocycles. The van der Waals surface area contributed by atoms with Crippen LogP contribution >= 0.6 is 11.6 Å². The molecule has 2 fully saturated rings. The van der Waals surface area contributed by atoms with E-state index in [9.17, 15) is 9.59 Å². The van der Waals surface area contributed by atoms with Gasteiger partial charge >= 0.3 is 12.2 Å². The van der Waals surface area contributed by atoms with E-state index in [0.29, 0.717) is 19.6 Å². The summed E-state index contributed by atoms with van der Waals surface area (Å²) in [6, 6.07) is 21.1. The molecule has 5 atom stereocenters. The molecule has 270 valence electrons. The highest BCUT2D eigenvalue weighted by Gasteiger charge is 2.40. The van der Waals surface area contributed by atoms with Crippen LogP contribution in [-0.4, -0.2) is 82.1 Å². The highest BCUT2D eigenvalue weighted by atomic mass is 35.5. The maximum Gasteiger partial charge on any atom is 0.410 e. The third kappa shape index (κ3) is 7.66. The second-order valence-corrected chi connectivity index (χ2v) is 16.5. The topological polar surface area (TPSA) is 108 Å². The number of ether oxygens (including phenoxy) is 2. The summed E-state index contributed by atoms with van der Waals surface area (Å²) in [5.74, 6) is 1.62. The molecule has 0 saturated carbocycles. The van der Waals surface area contributed by atoms with Gasteiger partial charge < -0.3 is 20.1 Å². The Labute approximate surface area is 305 Å². The molecule has 3 unspecified atom stereocenters. The molecule has 51 heavy (non-hydrogen) atoms. The predicted octanol–water partition coefficient (Wildman–Crippen LogP) is 7.96. The number of halogens is 1. The number of hydrogen-bond acceptors (Lipinski definition) is 8. The van der Waals surface area contributed by atoms with E-state index >= 15 is 0 Å². The van der Waals surface area contributed by atoms with Crippen molar-refractivity contribution in [1.82, 2.24) is 20.4 Å². The van der Waals surface area contributed by atoms with Gasteiger partial charge in [0.2, 0.25) is 0 Å². The van der Waals surface area contributed by atoms with Crippen molar-refractivity contribution in [2.45, 2.75) is 108 Å². The Morgan fingerprint density at radius 1 is 0.725 bits per heavy atom. The van der Waals surface area contributed by atoms with Crippen LogP contribution in [0.3, 0.4) is 0 Å². The zero-order chi connectivity index (χ0) is 36.1. The van der Waals surface area contributed by atoms with E-state index in [2.05, 4.69) is 71.3 Å². The minimum atomic E-state index is -0.556. The fourth-order valence-corrected chi connectivity index (χ4v) is 7.78. The number of alkyl halides is 1. The molecule has 11 heteroatoms. The Bertz CT molecular complexity index is 1860. The van der Waals surface area contributed by atoms with Gasteiger partial charge in [-0.05, 0) is 112 Å². The number of fused-ring (bicyclic) bond motifs is 1. The SMILES string of the molecule is CC(C)(C)OC(=O)N1CCC[C@H]1C1=NCC(c2ccc3cc(-c4ccc(C5N=C([C@@H]6CCCN6C(=O)OC(C)(C)C)NC5Cl)cc4)ccc3c2)N1. The predicted molar refractivity (Wildman–Crippen MR) is 202 cm³/mol. The normalized spacial score (nSPS) is 25.0. The molecule has 4 aliphatic rings. The summed E-state index contributed by atoms with van der Waals surface area (Å²) in [5.41, 5.74) is 2.94. The molecule has 10 nitrogen and oxygen atoms in total. The van der Waals surface area contributed by atoms with Gasteiger partial charge in [-0.25, -0.2) is 9.59 Å². The van der Waals surface area contributed by atoms with Gasteiger partial charge in [-0.1, -0.05) is 60.1 Å². The van der Waals surface area contributed by atoms with Gasteiger partial charge in [0.1, 0.15) is 34.4 Å². The first-order valence-corrected chi connectivity index (χ1v) is 18.6. The standard InChI is InChI=1S/C40H49ClN6O4/c1-39(2,3)50-37(48)46-19-7-9-31(46)35-42-23-30(43-35)29-18-17-27-21-26(15-16-28(27)22-29)24-11-13-25(14-12-24)33-34(41)45-36(44-33)32-10-8-20-47(32)38(49)51-40(4,5)6/h11-18,21-22,30-34H,7-10,19-20,23H2,1-6H3,(H,42,43)(H,44,45)/t30?,31-,32-,33?,34?/m0/s1. The summed E-state index contributed by atoms with van der Waals surface area (Å²) < 4.78 is 11.3. The Kier molecular flexibility index (Phi) is 9.41. The summed E-state index contributed by atoms with van der Waals surface area (Å²) in [7, 11) is 0. The molecule has 0 spiro atoms. The van der Waals surface area contributed by atoms with Gasteiger partial charge in [0.15, 0.2) is 0 Å². The number of amidine groups is 2. The van der Waals surface area contributed by atoms with Gasteiger partial charge in [0.05, 0.1) is 24.7 Å². The smallest absolute Gasteiger partial charge is 0.410 e. The number of carbonyl (C=O) groups is 2. The van der Waals surface area contributed by atoms with Crippen LogP contribution < -0.4 is 10.6 Å². The van der Waals surface area contributed by atoms with Gasteiger partial charge in [0, 0.05) is 13.1 Å². The molecule has 0 bridgehead atoms. The fourth-order valence-electron chi connectivity index (χ4n) is 7.46. The zero-order valence-electron chi connectivity index (χ0n) is 30.4. The average Bonchev–Trinajstić information content (AvgIpc) is 3.89. The fraction of sp³-hybridized carbons (Fsp3) is 0.500. The number of benzene rings is 3. The molecule has 4 heterocycles. The summed E-state index contributed by atoms with van der Waals surface area (Å²) in [5, 5.41) is 9.29. The van der Waals surface area contributed by atoms with Gasteiger partial charge in [-0.2, -0.15) is 0 Å². The van der Waals surface area contributed by atoms with Crippen LogP contribution in [0.1, 0.15) is 90.4 Å². The summed E-state index contributed by atoms with van der Waals surface area (Å²) >= 11 is 6.79. The number of nitrogens with one attached hydrogen (secondary N) is 2. The van der Waals surface area contributed by atoms with Crippen LogP contribution in [0.5, 0.6) is 0 Å². The minimum absolute atomic E-state index is 0.0609. The van der Waals surface area contributed by atoms with Crippen molar-refractivity contribution in [3.05, 3.63) is 71.8 Å². The number of rotatable bonds is 5. The molecule has 4 aliphatic heterocycles. The number of carbonyl (C=O) groups excluding carboxylic acids is 2. The quantitative estimate of drug-likeness (QED) is 0.205. The Morgan fingerprint density at radius 2 is 1.27 bits per heavy atom. The zero-order valence-corrected chi connectivity index (χ0v) is 31.2. The highest BCUT2D eigenvalue weighted by molar-refractivity contribution is 6.23. The first-order valence-electron chi connectivity index (χ1n) is 18.1. The van der Waals surface area contributed by atoms with Crippen molar-refractivity contribution in [2.75, 3.05) is 19.6 Å². The van der Waals surface area contributed by atoms with Crippen molar-refractivity contribution >= 4 is 46.2 Å².